The first-order chi connectivity index (χ1) is 6.36. The summed E-state index contributed by atoms with van der Waals surface area (Å²) < 4.78 is 1.82. The molecule has 2 aromatic rings. The van der Waals surface area contributed by atoms with Crippen LogP contribution in [-0.2, 0) is 13.0 Å². The fourth-order valence-electron chi connectivity index (χ4n) is 1.13. The van der Waals surface area contributed by atoms with E-state index in [1.165, 1.54) is 4.88 Å². The van der Waals surface area contributed by atoms with Gasteiger partial charge in [0.05, 0.1) is 0 Å². The van der Waals surface area contributed by atoms with E-state index < -0.39 is 0 Å². The molecule has 2 rings (SSSR count). The Hall–Kier alpha value is -1.23. The van der Waals surface area contributed by atoms with Gasteiger partial charge in [0, 0.05) is 17.8 Å². The van der Waals surface area contributed by atoms with Crippen molar-refractivity contribution in [3.63, 3.8) is 0 Å². The van der Waals surface area contributed by atoms with Gasteiger partial charge in [-0.1, -0.05) is 6.07 Å². The fourth-order valence-corrected chi connectivity index (χ4v) is 1.83. The van der Waals surface area contributed by atoms with E-state index in [-0.39, 0.29) is 0 Å². The van der Waals surface area contributed by atoms with Crippen molar-refractivity contribution in [1.29, 1.82) is 0 Å². The average molecular weight is 194 g/mol. The molecule has 0 saturated carbocycles. The third-order valence-electron chi connectivity index (χ3n) is 1.86. The molecular formula is C8H10N4S. The van der Waals surface area contributed by atoms with Gasteiger partial charge < -0.3 is 0 Å². The van der Waals surface area contributed by atoms with Gasteiger partial charge in [0.15, 0.2) is 0 Å². The molecule has 5 heteroatoms. The largest absolute Gasteiger partial charge is 0.230 e. The molecule has 68 valence electrons. The van der Waals surface area contributed by atoms with Gasteiger partial charge in [0.1, 0.15) is 5.82 Å². The summed E-state index contributed by atoms with van der Waals surface area (Å²) in [7, 11) is 0. The number of aromatic nitrogens is 4. The Bertz CT molecular complexity index is 365. The van der Waals surface area contributed by atoms with E-state index in [2.05, 4.69) is 33.0 Å². The molecule has 0 aliphatic carbocycles. The van der Waals surface area contributed by atoms with Crippen LogP contribution in [0.1, 0.15) is 10.7 Å². The first-order valence-corrected chi connectivity index (χ1v) is 4.99. The zero-order valence-corrected chi connectivity index (χ0v) is 8.16. The van der Waals surface area contributed by atoms with Gasteiger partial charge in [-0.25, -0.2) is 4.68 Å². The van der Waals surface area contributed by atoms with Crippen LogP contribution in [0.15, 0.2) is 17.5 Å². The van der Waals surface area contributed by atoms with Crippen LogP contribution >= 0.6 is 11.3 Å². The average Bonchev–Trinajstić information content (AvgIpc) is 2.72. The summed E-state index contributed by atoms with van der Waals surface area (Å²) in [4.78, 5) is 1.37. The number of tetrazole rings is 1. The number of rotatable bonds is 3. The highest BCUT2D eigenvalue weighted by Crippen LogP contribution is 2.09. The minimum absolute atomic E-state index is 0.860. The zero-order chi connectivity index (χ0) is 9.10. The molecule has 4 nitrogen and oxygen atoms in total. The molecule has 13 heavy (non-hydrogen) atoms. The third kappa shape index (κ3) is 1.92. The van der Waals surface area contributed by atoms with E-state index >= 15 is 0 Å². The molecule has 0 aromatic carbocycles. The highest BCUT2D eigenvalue weighted by molar-refractivity contribution is 7.09. The van der Waals surface area contributed by atoms with Crippen molar-refractivity contribution in [2.75, 3.05) is 0 Å². The van der Waals surface area contributed by atoms with Crippen LogP contribution in [0.3, 0.4) is 0 Å². The molecule has 0 saturated heterocycles. The molecule has 0 amide bonds. The van der Waals surface area contributed by atoms with E-state index in [0.29, 0.717) is 0 Å². The van der Waals surface area contributed by atoms with Crippen molar-refractivity contribution in [3.8, 4) is 0 Å². The maximum Gasteiger partial charge on any atom is 0.148 e. The smallest absolute Gasteiger partial charge is 0.148 e. The number of hydrogen-bond acceptors (Lipinski definition) is 4. The van der Waals surface area contributed by atoms with Crippen LogP contribution < -0.4 is 0 Å². The monoisotopic (exact) mass is 194 g/mol. The van der Waals surface area contributed by atoms with Gasteiger partial charge in [-0.3, -0.25) is 0 Å². The quantitative estimate of drug-likeness (QED) is 0.739. The standard InChI is InChI=1S/C8H10N4S/c1-7-9-10-11-12(7)5-4-8-3-2-6-13-8/h2-3,6H,4-5H2,1H3. The minimum Gasteiger partial charge on any atom is -0.230 e. The summed E-state index contributed by atoms with van der Waals surface area (Å²) in [6.07, 6.45) is 1.00. The molecule has 0 radical (unpaired) electrons. The lowest BCUT2D eigenvalue weighted by molar-refractivity contribution is 0.578. The van der Waals surface area contributed by atoms with E-state index in [9.17, 15) is 0 Å². The molecule has 0 aliphatic heterocycles. The fraction of sp³-hybridized carbons (Fsp3) is 0.375. The SMILES string of the molecule is Cc1nnnn1CCc1cccs1. The van der Waals surface area contributed by atoms with Crippen molar-refractivity contribution in [1.82, 2.24) is 20.2 Å². The second kappa shape index (κ2) is 3.66. The van der Waals surface area contributed by atoms with Crippen molar-refractivity contribution in [2.45, 2.75) is 19.9 Å². The summed E-state index contributed by atoms with van der Waals surface area (Å²) in [6, 6.07) is 4.19. The predicted molar refractivity (Wildman–Crippen MR) is 50.6 cm³/mol. The normalized spacial score (nSPS) is 10.5. The molecule has 0 bridgehead atoms. The molecule has 0 N–H and O–H groups in total. The van der Waals surface area contributed by atoms with Crippen molar-refractivity contribution in [2.24, 2.45) is 0 Å². The van der Waals surface area contributed by atoms with Crippen LogP contribution in [0.25, 0.3) is 0 Å². The van der Waals surface area contributed by atoms with Crippen LogP contribution in [0, 0.1) is 6.92 Å². The maximum absolute atomic E-state index is 3.88. The van der Waals surface area contributed by atoms with Gasteiger partial charge in [-0.05, 0) is 28.8 Å². The molecule has 0 atom stereocenters. The highest BCUT2D eigenvalue weighted by Gasteiger charge is 2.00. The molecule has 0 aliphatic rings. The van der Waals surface area contributed by atoms with Crippen molar-refractivity contribution >= 4 is 11.3 Å². The van der Waals surface area contributed by atoms with Crippen molar-refractivity contribution in [3.05, 3.63) is 28.2 Å². The van der Waals surface area contributed by atoms with Crippen LogP contribution in [-0.4, -0.2) is 20.2 Å². The molecular weight excluding hydrogens is 184 g/mol. The van der Waals surface area contributed by atoms with E-state index in [1.807, 2.05) is 11.6 Å². The minimum atomic E-state index is 0.860. The lowest BCUT2D eigenvalue weighted by Gasteiger charge is -1.98. The molecule has 2 heterocycles. The van der Waals surface area contributed by atoms with Crippen LogP contribution in [0.5, 0.6) is 0 Å². The second-order valence-electron chi connectivity index (χ2n) is 2.78. The molecule has 0 fully saturated rings. The summed E-state index contributed by atoms with van der Waals surface area (Å²) in [6.45, 7) is 2.77. The first-order valence-electron chi connectivity index (χ1n) is 4.11. The Balaban J connectivity index is 1.97. The van der Waals surface area contributed by atoms with Gasteiger partial charge in [0.2, 0.25) is 0 Å². The summed E-state index contributed by atoms with van der Waals surface area (Å²) >= 11 is 1.77. The molecule has 0 spiro atoms. The first kappa shape index (κ1) is 8.37. The van der Waals surface area contributed by atoms with E-state index in [0.717, 1.165) is 18.8 Å². The van der Waals surface area contributed by atoms with Gasteiger partial charge in [-0.2, -0.15) is 0 Å². The topological polar surface area (TPSA) is 43.6 Å². The Labute approximate surface area is 80.2 Å². The lowest BCUT2D eigenvalue weighted by Crippen LogP contribution is -2.04. The Kier molecular flexibility index (Phi) is 2.35. The van der Waals surface area contributed by atoms with Crippen LogP contribution in [0.4, 0.5) is 0 Å². The number of thiophene rings is 1. The predicted octanol–water partition coefficient (Wildman–Crippen LogP) is 1.29. The second-order valence-corrected chi connectivity index (χ2v) is 3.81. The highest BCUT2D eigenvalue weighted by atomic mass is 32.1. The molecule has 0 unspecified atom stereocenters. The summed E-state index contributed by atoms with van der Waals surface area (Å²) in [5, 5.41) is 13.4. The van der Waals surface area contributed by atoms with E-state index in [4.69, 9.17) is 0 Å². The van der Waals surface area contributed by atoms with Gasteiger partial charge in [-0.15, -0.1) is 16.4 Å². The Morgan fingerprint density at radius 2 is 2.46 bits per heavy atom. The maximum atomic E-state index is 3.88. The van der Waals surface area contributed by atoms with Gasteiger partial charge >= 0.3 is 0 Å². The summed E-state index contributed by atoms with van der Waals surface area (Å²) in [5.41, 5.74) is 0. The number of hydrogen-bond donors (Lipinski definition) is 0. The zero-order valence-electron chi connectivity index (χ0n) is 7.34. The van der Waals surface area contributed by atoms with Crippen LogP contribution in [0.2, 0.25) is 0 Å². The third-order valence-corrected chi connectivity index (χ3v) is 2.80. The van der Waals surface area contributed by atoms with Crippen molar-refractivity contribution < 1.29 is 0 Å². The molecule has 2 aromatic heterocycles. The Morgan fingerprint density at radius 3 is 3.08 bits per heavy atom. The lowest BCUT2D eigenvalue weighted by atomic mass is 10.3. The van der Waals surface area contributed by atoms with Gasteiger partial charge in [0.25, 0.3) is 0 Å². The summed E-state index contributed by atoms with van der Waals surface area (Å²) in [5.74, 6) is 0.872. The number of nitrogens with zero attached hydrogens (tertiary/aromatic N) is 4. The number of aryl methyl sites for hydroxylation is 3. The van der Waals surface area contributed by atoms with E-state index in [1.54, 1.807) is 11.3 Å². The Morgan fingerprint density at radius 1 is 1.54 bits per heavy atom.